The monoisotopic (exact) mass is 447 g/mol. The van der Waals surface area contributed by atoms with Crippen molar-refractivity contribution in [2.75, 3.05) is 0 Å². The van der Waals surface area contributed by atoms with E-state index in [1.165, 1.54) is 17.7 Å². The summed E-state index contributed by atoms with van der Waals surface area (Å²) in [5.74, 6) is -2.99. The maximum Gasteiger partial charge on any atom is 0.419 e. The molecule has 3 rings (SSSR count). The number of halogens is 4. The minimum atomic E-state index is -4.92. The first-order valence-electron chi connectivity index (χ1n) is 9.17. The quantitative estimate of drug-likeness (QED) is 0.328. The SMILES string of the molecule is Cn1c(-c2ccc(F)c(C(F)(F)F)c2)cc(OCc2ccccc2)c(C(=O)O)c1=NC=N. The topological polar surface area (TPSA) is 87.7 Å². The number of pyridine rings is 1. The lowest BCUT2D eigenvalue weighted by Crippen LogP contribution is -2.28. The summed E-state index contributed by atoms with van der Waals surface area (Å²) in [7, 11) is 1.38. The van der Waals surface area contributed by atoms with Crippen molar-refractivity contribution in [2.24, 2.45) is 12.0 Å². The van der Waals surface area contributed by atoms with E-state index >= 15 is 0 Å². The Balaban J connectivity index is 2.23. The number of carboxylic acids is 1. The largest absolute Gasteiger partial charge is 0.488 e. The molecular weight excluding hydrogens is 430 g/mol. The third kappa shape index (κ3) is 4.69. The van der Waals surface area contributed by atoms with Crippen LogP contribution in [0.15, 0.2) is 59.6 Å². The molecule has 0 aliphatic rings. The molecule has 0 amide bonds. The highest BCUT2D eigenvalue weighted by Gasteiger charge is 2.34. The Morgan fingerprint density at radius 3 is 2.47 bits per heavy atom. The van der Waals surface area contributed by atoms with Crippen LogP contribution < -0.4 is 10.2 Å². The van der Waals surface area contributed by atoms with Gasteiger partial charge in [0.2, 0.25) is 0 Å². The number of aromatic carboxylic acids is 1. The van der Waals surface area contributed by atoms with Crippen molar-refractivity contribution in [3.63, 3.8) is 0 Å². The van der Waals surface area contributed by atoms with Crippen molar-refractivity contribution < 1.29 is 32.2 Å². The van der Waals surface area contributed by atoms with E-state index in [1.54, 1.807) is 30.3 Å². The van der Waals surface area contributed by atoms with Gasteiger partial charge in [0.05, 0.1) is 11.3 Å². The fourth-order valence-corrected chi connectivity index (χ4v) is 3.13. The van der Waals surface area contributed by atoms with Crippen LogP contribution in [0.5, 0.6) is 5.75 Å². The number of hydrogen-bond acceptors (Lipinski definition) is 3. The standard InChI is InChI=1S/C22H17F4N3O3/c1-29-17(14-7-8-16(23)15(9-14)22(24,25)26)10-18(19(21(30)31)20(29)28-12-27)32-11-13-5-3-2-4-6-13/h2-10,12,27H,11H2,1H3,(H,30,31). The molecule has 3 aromatic rings. The van der Waals surface area contributed by atoms with Crippen molar-refractivity contribution in [1.82, 2.24) is 4.57 Å². The normalized spacial score (nSPS) is 12.0. The molecular formula is C22H17F4N3O3. The highest BCUT2D eigenvalue weighted by atomic mass is 19.4. The third-order valence-electron chi connectivity index (χ3n) is 4.62. The summed E-state index contributed by atoms with van der Waals surface area (Å²) in [6, 6.07) is 12.5. The van der Waals surface area contributed by atoms with Crippen molar-refractivity contribution >= 4 is 12.3 Å². The average Bonchev–Trinajstić information content (AvgIpc) is 2.74. The van der Waals surface area contributed by atoms with E-state index in [0.29, 0.717) is 18.5 Å². The number of rotatable bonds is 6. The van der Waals surface area contributed by atoms with Gasteiger partial charge in [-0.05, 0) is 29.3 Å². The van der Waals surface area contributed by atoms with E-state index in [0.717, 1.165) is 11.6 Å². The molecule has 0 radical (unpaired) electrons. The fraction of sp³-hybridized carbons (Fsp3) is 0.136. The van der Waals surface area contributed by atoms with Gasteiger partial charge in [0.1, 0.15) is 30.1 Å². The lowest BCUT2D eigenvalue weighted by atomic mass is 10.0. The van der Waals surface area contributed by atoms with Gasteiger partial charge in [-0.2, -0.15) is 13.2 Å². The Morgan fingerprint density at radius 2 is 1.88 bits per heavy atom. The second kappa shape index (κ2) is 9.04. The van der Waals surface area contributed by atoms with E-state index in [1.807, 2.05) is 0 Å². The van der Waals surface area contributed by atoms with Crippen LogP contribution in [0.2, 0.25) is 0 Å². The molecule has 0 atom stereocenters. The van der Waals surface area contributed by atoms with Gasteiger partial charge in [-0.1, -0.05) is 30.3 Å². The van der Waals surface area contributed by atoms with Gasteiger partial charge in [-0.3, -0.25) is 5.41 Å². The molecule has 0 saturated carbocycles. The molecule has 1 heterocycles. The predicted molar refractivity (Wildman–Crippen MR) is 108 cm³/mol. The summed E-state index contributed by atoms with van der Waals surface area (Å²) in [5, 5.41) is 17.0. The van der Waals surface area contributed by atoms with E-state index in [4.69, 9.17) is 10.1 Å². The number of aromatic nitrogens is 1. The number of carboxylic acid groups (broad SMARTS) is 1. The highest BCUT2D eigenvalue weighted by molar-refractivity contribution is 5.91. The second-order valence-corrected chi connectivity index (χ2v) is 6.68. The van der Waals surface area contributed by atoms with Crippen LogP contribution in [0.25, 0.3) is 11.3 Å². The fourth-order valence-electron chi connectivity index (χ4n) is 3.13. The molecule has 0 spiro atoms. The number of benzene rings is 2. The molecule has 0 bridgehead atoms. The molecule has 1 aromatic heterocycles. The van der Waals surface area contributed by atoms with Crippen molar-refractivity contribution in [2.45, 2.75) is 12.8 Å². The molecule has 32 heavy (non-hydrogen) atoms. The number of hydrogen-bond donors (Lipinski definition) is 2. The number of carbonyl (C=O) groups is 1. The van der Waals surface area contributed by atoms with E-state index < -0.39 is 23.5 Å². The Kier molecular flexibility index (Phi) is 6.42. The summed E-state index contributed by atoms with van der Waals surface area (Å²) >= 11 is 0. The molecule has 0 unspecified atom stereocenters. The predicted octanol–water partition coefficient (Wildman–Crippen LogP) is 4.63. The maximum absolute atomic E-state index is 13.8. The number of nitrogens with one attached hydrogen (secondary N) is 1. The third-order valence-corrected chi connectivity index (χ3v) is 4.62. The van der Waals surface area contributed by atoms with Crippen LogP contribution >= 0.6 is 0 Å². The van der Waals surface area contributed by atoms with Crippen LogP contribution in [0.4, 0.5) is 17.6 Å². The Hall–Kier alpha value is -3.95. The van der Waals surface area contributed by atoms with Gasteiger partial charge >= 0.3 is 12.1 Å². The molecule has 0 aliphatic heterocycles. The van der Waals surface area contributed by atoms with E-state index in [2.05, 4.69) is 4.99 Å². The number of ether oxygens (including phenoxy) is 1. The van der Waals surface area contributed by atoms with Gasteiger partial charge in [0, 0.05) is 13.1 Å². The van der Waals surface area contributed by atoms with Crippen LogP contribution in [0.3, 0.4) is 0 Å². The van der Waals surface area contributed by atoms with Crippen molar-refractivity contribution in [3.05, 3.63) is 82.6 Å². The van der Waals surface area contributed by atoms with Gasteiger partial charge < -0.3 is 14.4 Å². The Labute approximate surface area is 179 Å². The summed E-state index contributed by atoms with van der Waals surface area (Å²) in [4.78, 5) is 15.7. The van der Waals surface area contributed by atoms with Crippen LogP contribution in [0, 0.1) is 11.2 Å². The average molecular weight is 447 g/mol. The smallest absolute Gasteiger partial charge is 0.419 e. The zero-order valence-electron chi connectivity index (χ0n) is 16.7. The molecule has 10 heteroatoms. The second-order valence-electron chi connectivity index (χ2n) is 6.68. The molecule has 0 fully saturated rings. The Morgan fingerprint density at radius 1 is 1.19 bits per heavy atom. The minimum absolute atomic E-state index is 0.0183. The molecule has 2 aromatic carbocycles. The van der Waals surface area contributed by atoms with Crippen molar-refractivity contribution in [3.8, 4) is 17.0 Å². The summed E-state index contributed by atoms with van der Waals surface area (Å²) < 4.78 is 60.3. The highest BCUT2D eigenvalue weighted by Crippen LogP contribution is 2.35. The zero-order chi connectivity index (χ0) is 23.5. The summed E-state index contributed by atoms with van der Waals surface area (Å²) in [6.07, 6.45) is -4.31. The van der Waals surface area contributed by atoms with Crippen molar-refractivity contribution in [1.29, 1.82) is 5.41 Å². The van der Waals surface area contributed by atoms with Crippen LogP contribution in [-0.4, -0.2) is 22.0 Å². The first-order chi connectivity index (χ1) is 15.1. The molecule has 0 saturated heterocycles. The Bertz CT molecular complexity index is 1240. The van der Waals surface area contributed by atoms with Crippen LogP contribution in [0.1, 0.15) is 21.5 Å². The van der Waals surface area contributed by atoms with E-state index in [-0.39, 0.29) is 34.7 Å². The van der Waals surface area contributed by atoms with Gasteiger partial charge in [-0.25, -0.2) is 14.2 Å². The van der Waals surface area contributed by atoms with Gasteiger partial charge in [0.15, 0.2) is 5.49 Å². The minimum Gasteiger partial charge on any atom is -0.488 e. The van der Waals surface area contributed by atoms with Crippen LogP contribution in [-0.2, 0) is 19.8 Å². The zero-order valence-corrected chi connectivity index (χ0v) is 16.7. The van der Waals surface area contributed by atoms with Gasteiger partial charge in [-0.15, -0.1) is 0 Å². The lowest BCUT2D eigenvalue weighted by Gasteiger charge is -2.17. The summed E-state index contributed by atoms with van der Waals surface area (Å²) in [6.45, 7) is -0.0183. The number of nitrogens with zero attached hydrogens (tertiary/aromatic N) is 2. The maximum atomic E-state index is 13.8. The number of alkyl halides is 3. The lowest BCUT2D eigenvalue weighted by molar-refractivity contribution is -0.139. The van der Waals surface area contributed by atoms with E-state index in [9.17, 15) is 27.5 Å². The molecule has 166 valence electrons. The molecule has 2 N–H and O–H groups in total. The first kappa shape index (κ1) is 22.7. The molecule has 6 nitrogen and oxygen atoms in total. The van der Waals surface area contributed by atoms with Gasteiger partial charge in [0.25, 0.3) is 0 Å². The first-order valence-corrected chi connectivity index (χ1v) is 9.17. The molecule has 0 aliphatic carbocycles. The summed E-state index contributed by atoms with van der Waals surface area (Å²) in [5.41, 5.74) is -1.27.